The molecule has 104 valence electrons. The molecule has 1 nitrogen and oxygen atoms in total. The Kier molecular flexibility index (Phi) is 6.76. The monoisotopic (exact) mass is 241 g/mol. The Morgan fingerprint density at radius 2 is 1.53 bits per heavy atom. The van der Waals surface area contributed by atoms with Crippen LogP contribution in [-0.2, 0) is 0 Å². The van der Waals surface area contributed by atoms with Crippen LogP contribution in [0.4, 0.5) is 0 Å². The van der Waals surface area contributed by atoms with Crippen LogP contribution in [0.15, 0.2) is 0 Å². The van der Waals surface area contributed by atoms with Crippen LogP contribution in [0.5, 0.6) is 0 Å². The van der Waals surface area contributed by atoms with E-state index in [1.54, 1.807) is 0 Å². The topological polar surface area (TPSA) is 12.0 Å². The van der Waals surface area contributed by atoms with Gasteiger partial charge in [-0.3, -0.25) is 0 Å². The van der Waals surface area contributed by atoms with Crippen molar-refractivity contribution in [1.82, 2.24) is 5.32 Å². The van der Waals surface area contributed by atoms with Crippen molar-refractivity contribution in [3.63, 3.8) is 0 Å². The van der Waals surface area contributed by atoms with Crippen LogP contribution in [-0.4, -0.2) is 12.1 Å². The minimum atomic E-state index is 0.234. The van der Waals surface area contributed by atoms with Crippen molar-refractivity contribution in [1.29, 1.82) is 0 Å². The van der Waals surface area contributed by atoms with Gasteiger partial charge < -0.3 is 5.32 Å². The summed E-state index contributed by atoms with van der Waals surface area (Å²) in [5.74, 6) is 1.66. The smallest absolute Gasteiger partial charge is 0.00967 e. The van der Waals surface area contributed by atoms with Crippen LogP contribution >= 0.6 is 0 Å². The summed E-state index contributed by atoms with van der Waals surface area (Å²) in [6.45, 7) is 19.7. The fourth-order valence-corrected chi connectivity index (χ4v) is 2.55. The highest BCUT2D eigenvalue weighted by Crippen LogP contribution is 2.32. The second-order valence-corrected chi connectivity index (χ2v) is 7.71. The second kappa shape index (κ2) is 6.78. The van der Waals surface area contributed by atoms with Gasteiger partial charge in [-0.2, -0.15) is 0 Å². The SMILES string of the molecule is CCC(C)(CNC(C)(C)C)CC(C)CC(C)C. The minimum absolute atomic E-state index is 0.234. The Balaban J connectivity index is 4.27. The first-order valence-corrected chi connectivity index (χ1v) is 7.33. The predicted molar refractivity (Wildman–Crippen MR) is 79.4 cm³/mol. The van der Waals surface area contributed by atoms with Gasteiger partial charge in [-0.1, -0.05) is 34.6 Å². The zero-order valence-corrected chi connectivity index (χ0v) is 13.5. The lowest BCUT2D eigenvalue weighted by Gasteiger charge is -2.35. The Morgan fingerprint density at radius 1 is 1.00 bits per heavy atom. The highest BCUT2D eigenvalue weighted by Gasteiger charge is 2.26. The summed E-state index contributed by atoms with van der Waals surface area (Å²) in [5, 5.41) is 3.67. The number of hydrogen-bond acceptors (Lipinski definition) is 1. The molecule has 0 amide bonds. The lowest BCUT2D eigenvalue weighted by Crippen LogP contribution is -2.43. The van der Waals surface area contributed by atoms with Crippen LogP contribution in [0.25, 0.3) is 0 Å². The summed E-state index contributed by atoms with van der Waals surface area (Å²) >= 11 is 0. The Labute approximate surface area is 110 Å². The first-order chi connectivity index (χ1) is 7.58. The van der Waals surface area contributed by atoms with Gasteiger partial charge in [-0.05, 0) is 57.3 Å². The van der Waals surface area contributed by atoms with E-state index < -0.39 is 0 Å². The number of hydrogen-bond donors (Lipinski definition) is 1. The molecule has 0 aliphatic heterocycles. The van der Waals surface area contributed by atoms with Crippen molar-refractivity contribution >= 4 is 0 Å². The van der Waals surface area contributed by atoms with E-state index in [0.29, 0.717) is 5.41 Å². The van der Waals surface area contributed by atoms with Gasteiger partial charge in [0.1, 0.15) is 0 Å². The molecule has 0 fully saturated rings. The number of rotatable bonds is 7. The van der Waals surface area contributed by atoms with Gasteiger partial charge in [0.2, 0.25) is 0 Å². The molecule has 17 heavy (non-hydrogen) atoms. The van der Waals surface area contributed by atoms with E-state index in [9.17, 15) is 0 Å². The van der Waals surface area contributed by atoms with E-state index in [1.165, 1.54) is 19.3 Å². The van der Waals surface area contributed by atoms with E-state index in [-0.39, 0.29) is 5.54 Å². The maximum Gasteiger partial charge on any atom is 0.00967 e. The Bertz CT molecular complexity index is 202. The van der Waals surface area contributed by atoms with E-state index in [4.69, 9.17) is 0 Å². The molecule has 0 rings (SSSR count). The van der Waals surface area contributed by atoms with Crippen molar-refractivity contribution in [2.75, 3.05) is 6.54 Å². The van der Waals surface area contributed by atoms with E-state index >= 15 is 0 Å². The van der Waals surface area contributed by atoms with Gasteiger partial charge in [-0.15, -0.1) is 0 Å². The molecule has 0 aliphatic carbocycles. The molecule has 2 unspecified atom stereocenters. The summed E-state index contributed by atoms with van der Waals surface area (Å²) in [7, 11) is 0. The quantitative estimate of drug-likeness (QED) is 0.671. The van der Waals surface area contributed by atoms with E-state index in [2.05, 4.69) is 60.7 Å². The third-order valence-corrected chi connectivity index (χ3v) is 3.61. The van der Waals surface area contributed by atoms with Crippen molar-refractivity contribution < 1.29 is 0 Å². The van der Waals surface area contributed by atoms with Gasteiger partial charge in [0, 0.05) is 12.1 Å². The Morgan fingerprint density at radius 3 is 1.88 bits per heavy atom. The molecular formula is C16H35N. The molecule has 2 atom stereocenters. The molecule has 0 heterocycles. The summed E-state index contributed by atoms with van der Waals surface area (Å²) < 4.78 is 0. The first-order valence-electron chi connectivity index (χ1n) is 7.33. The molecule has 0 aromatic rings. The zero-order valence-electron chi connectivity index (χ0n) is 13.5. The largest absolute Gasteiger partial charge is 0.312 e. The third kappa shape index (κ3) is 8.65. The molecule has 1 N–H and O–H groups in total. The predicted octanol–water partition coefficient (Wildman–Crippen LogP) is 4.86. The van der Waals surface area contributed by atoms with Gasteiger partial charge >= 0.3 is 0 Å². The molecule has 0 bridgehead atoms. The first kappa shape index (κ1) is 17.0. The van der Waals surface area contributed by atoms with Crippen LogP contribution in [0.3, 0.4) is 0 Å². The molecule has 0 saturated carbocycles. The molecule has 1 heteroatoms. The number of nitrogens with one attached hydrogen (secondary N) is 1. The van der Waals surface area contributed by atoms with Crippen molar-refractivity contribution in [2.45, 2.75) is 80.2 Å². The average molecular weight is 241 g/mol. The summed E-state index contributed by atoms with van der Waals surface area (Å²) in [5.41, 5.74) is 0.680. The lowest BCUT2D eigenvalue weighted by molar-refractivity contribution is 0.195. The van der Waals surface area contributed by atoms with Gasteiger partial charge in [0.25, 0.3) is 0 Å². The van der Waals surface area contributed by atoms with Crippen LogP contribution in [0.1, 0.15) is 74.7 Å². The van der Waals surface area contributed by atoms with Crippen LogP contribution in [0, 0.1) is 17.3 Å². The normalized spacial score (nSPS) is 18.2. The van der Waals surface area contributed by atoms with Gasteiger partial charge in [0.15, 0.2) is 0 Å². The fraction of sp³-hybridized carbons (Fsp3) is 1.00. The molecule has 0 aromatic carbocycles. The standard InChI is InChI=1S/C16H35N/c1-9-16(8,12-17-15(5,6)7)11-14(4)10-13(2)3/h13-14,17H,9-12H2,1-8H3. The highest BCUT2D eigenvalue weighted by atomic mass is 15.0. The van der Waals surface area contributed by atoms with Crippen LogP contribution < -0.4 is 5.32 Å². The molecule has 0 aliphatic rings. The molecule has 0 aromatic heterocycles. The minimum Gasteiger partial charge on any atom is -0.312 e. The highest BCUT2D eigenvalue weighted by molar-refractivity contribution is 4.82. The second-order valence-electron chi connectivity index (χ2n) is 7.71. The fourth-order valence-electron chi connectivity index (χ4n) is 2.55. The van der Waals surface area contributed by atoms with Crippen molar-refractivity contribution in [3.8, 4) is 0 Å². The molecular weight excluding hydrogens is 206 g/mol. The molecule has 0 saturated heterocycles. The van der Waals surface area contributed by atoms with Gasteiger partial charge in [0.05, 0.1) is 0 Å². The Hall–Kier alpha value is -0.0400. The third-order valence-electron chi connectivity index (χ3n) is 3.61. The van der Waals surface area contributed by atoms with Crippen molar-refractivity contribution in [2.24, 2.45) is 17.3 Å². The molecule has 0 spiro atoms. The molecule has 0 radical (unpaired) electrons. The summed E-state index contributed by atoms with van der Waals surface area (Å²) in [6, 6.07) is 0. The summed E-state index contributed by atoms with van der Waals surface area (Å²) in [4.78, 5) is 0. The zero-order chi connectivity index (χ0) is 13.7. The van der Waals surface area contributed by atoms with E-state index in [1.807, 2.05) is 0 Å². The average Bonchev–Trinajstić information content (AvgIpc) is 2.12. The van der Waals surface area contributed by atoms with Crippen molar-refractivity contribution in [3.05, 3.63) is 0 Å². The maximum atomic E-state index is 3.67. The lowest BCUT2D eigenvalue weighted by atomic mass is 9.77. The summed E-state index contributed by atoms with van der Waals surface area (Å²) in [6.07, 6.45) is 3.95. The maximum absolute atomic E-state index is 3.67. The van der Waals surface area contributed by atoms with E-state index in [0.717, 1.165) is 18.4 Å². The van der Waals surface area contributed by atoms with Crippen LogP contribution in [0.2, 0.25) is 0 Å². The van der Waals surface area contributed by atoms with Gasteiger partial charge in [-0.25, -0.2) is 0 Å².